The number of hydrogen-bond donors (Lipinski definition) is 2. The van der Waals surface area contributed by atoms with Gasteiger partial charge in [0, 0.05) is 6.04 Å². The normalized spacial score (nSPS) is 13.7. The molecule has 0 radical (unpaired) electrons. The van der Waals surface area contributed by atoms with E-state index in [4.69, 9.17) is 0 Å². The average molecular weight is 278 g/mol. The van der Waals surface area contributed by atoms with E-state index in [-0.39, 0.29) is 6.04 Å². The highest BCUT2D eigenvalue weighted by atomic mass is 16.5. The first-order valence-corrected chi connectivity index (χ1v) is 6.65. The molecule has 1 aromatic rings. The first kappa shape index (κ1) is 16.2. The topological polar surface area (TPSA) is 67.4 Å². The van der Waals surface area contributed by atoms with Gasteiger partial charge in [0.05, 0.1) is 13.2 Å². The number of rotatable bonds is 5. The third kappa shape index (κ3) is 4.66. The highest BCUT2D eigenvalue weighted by Gasteiger charge is 2.22. The summed E-state index contributed by atoms with van der Waals surface area (Å²) in [4.78, 5) is 22.9. The maximum absolute atomic E-state index is 11.8. The van der Waals surface area contributed by atoms with Gasteiger partial charge in [-0.05, 0) is 18.4 Å². The Bertz CT molecular complexity index is 446. The molecule has 110 valence electrons. The Hall–Kier alpha value is -1.88. The Kier molecular flexibility index (Phi) is 6.18. The number of carbonyl (C=O) groups excluding carboxylic acids is 2. The smallest absolute Gasteiger partial charge is 0.413 e. The molecule has 0 saturated carbocycles. The van der Waals surface area contributed by atoms with Gasteiger partial charge in [-0.25, -0.2) is 4.79 Å². The lowest BCUT2D eigenvalue weighted by Gasteiger charge is -2.26. The van der Waals surface area contributed by atoms with Gasteiger partial charge in [-0.1, -0.05) is 44.2 Å². The highest BCUT2D eigenvalue weighted by molar-refractivity contribution is 5.94. The number of hydrogen-bond acceptors (Lipinski definition) is 4. The van der Waals surface area contributed by atoms with Crippen LogP contribution in [-0.4, -0.2) is 25.2 Å². The Morgan fingerprint density at radius 2 is 1.70 bits per heavy atom. The second-order valence-corrected chi connectivity index (χ2v) is 5.00. The van der Waals surface area contributed by atoms with E-state index in [1.165, 1.54) is 7.11 Å². The monoisotopic (exact) mass is 278 g/mol. The number of imide groups is 1. The van der Waals surface area contributed by atoms with Gasteiger partial charge in [-0.3, -0.25) is 15.4 Å². The minimum atomic E-state index is -0.746. The van der Waals surface area contributed by atoms with Gasteiger partial charge in [0.15, 0.2) is 0 Å². The van der Waals surface area contributed by atoms with Crippen LogP contribution in [0.1, 0.15) is 32.4 Å². The van der Waals surface area contributed by atoms with E-state index >= 15 is 0 Å². The number of alkyl carbamates (subject to hydrolysis) is 1. The molecule has 1 rings (SSSR count). The van der Waals surface area contributed by atoms with Crippen LogP contribution in [0.15, 0.2) is 30.3 Å². The van der Waals surface area contributed by atoms with Crippen LogP contribution in [0.2, 0.25) is 0 Å². The summed E-state index contributed by atoms with van der Waals surface area (Å²) in [6, 6.07) is 9.45. The van der Waals surface area contributed by atoms with E-state index in [0.29, 0.717) is 5.92 Å². The summed E-state index contributed by atoms with van der Waals surface area (Å²) in [5, 5.41) is 5.40. The molecular formula is C15H22N2O3. The lowest BCUT2D eigenvalue weighted by molar-refractivity contribution is -0.122. The lowest BCUT2D eigenvalue weighted by Crippen LogP contribution is -2.46. The summed E-state index contributed by atoms with van der Waals surface area (Å²) < 4.78 is 4.41. The molecule has 0 heterocycles. The summed E-state index contributed by atoms with van der Waals surface area (Å²) in [7, 11) is 1.22. The zero-order chi connectivity index (χ0) is 15.1. The maximum atomic E-state index is 11.8. The van der Waals surface area contributed by atoms with Crippen molar-refractivity contribution in [3.63, 3.8) is 0 Å². The van der Waals surface area contributed by atoms with Crippen LogP contribution in [0.3, 0.4) is 0 Å². The SMILES string of the molecule is COC(=O)NC(=O)[C@@H](C)N[C@@H](c1ccccc1)C(C)C. The number of benzene rings is 1. The first-order valence-electron chi connectivity index (χ1n) is 6.65. The Labute approximate surface area is 119 Å². The van der Waals surface area contributed by atoms with Crippen LogP contribution in [-0.2, 0) is 9.53 Å². The minimum Gasteiger partial charge on any atom is -0.453 e. The van der Waals surface area contributed by atoms with Crippen LogP contribution in [0.25, 0.3) is 0 Å². The lowest BCUT2D eigenvalue weighted by atomic mass is 9.95. The standard InChI is InChI=1S/C15H22N2O3/c1-10(2)13(12-8-6-5-7-9-12)16-11(3)14(18)17-15(19)20-4/h5-11,13,16H,1-4H3,(H,17,18,19)/t11-,13-/m1/s1. The van der Waals surface area contributed by atoms with Gasteiger partial charge >= 0.3 is 6.09 Å². The fourth-order valence-corrected chi connectivity index (χ4v) is 1.94. The van der Waals surface area contributed by atoms with E-state index in [9.17, 15) is 9.59 Å². The summed E-state index contributed by atoms with van der Waals surface area (Å²) in [6.45, 7) is 5.88. The van der Waals surface area contributed by atoms with Crippen LogP contribution in [0, 0.1) is 5.92 Å². The first-order chi connectivity index (χ1) is 9.45. The van der Waals surface area contributed by atoms with Crippen LogP contribution < -0.4 is 10.6 Å². The van der Waals surface area contributed by atoms with E-state index in [1.54, 1.807) is 6.92 Å². The van der Waals surface area contributed by atoms with Crippen molar-refractivity contribution in [1.29, 1.82) is 0 Å². The zero-order valence-corrected chi connectivity index (χ0v) is 12.3. The van der Waals surface area contributed by atoms with Gasteiger partial charge < -0.3 is 4.74 Å². The van der Waals surface area contributed by atoms with Crippen molar-refractivity contribution >= 4 is 12.0 Å². The quantitative estimate of drug-likeness (QED) is 0.867. The third-order valence-corrected chi connectivity index (χ3v) is 3.06. The van der Waals surface area contributed by atoms with Crippen molar-refractivity contribution < 1.29 is 14.3 Å². The van der Waals surface area contributed by atoms with Crippen LogP contribution >= 0.6 is 0 Å². The van der Waals surface area contributed by atoms with Gasteiger partial charge in [-0.15, -0.1) is 0 Å². The van der Waals surface area contributed by atoms with Crippen LogP contribution in [0.5, 0.6) is 0 Å². The van der Waals surface area contributed by atoms with Gasteiger partial charge in [0.2, 0.25) is 5.91 Å². The molecule has 20 heavy (non-hydrogen) atoms. The number of methoxy groups -OCH3 is 1. The van der Waals surface area contributed by atoms with E-state index in [1.807, 2.05) is 30.3 Å². The van der Waals surface area contributed by atoms with Crippen molar-refractivity contribution in [2.45, 2.75) is 32.9 Å². The predicted octanol–water partition coefficient (Wildman–Crippen LogP) is 2.24. The second-order valence-electron chi connectivity index (χ2n) is 5.00. The minimum absolute atomic E-state index is 0.0367. The van der Waals surface area contributed by atoms with Crippen molar-refractivity contribution in [2.24, 2.45) is 5.92 Å². The van der Waals surface area contributed by atoms with E-state index in [2.05, 4.69) is 29.2 Å². The maximum Gasteiger partial charge on any atom is 0.413 e. The molecule has 0 spiro atoms. The van der Waals surface area contributed by atoms with Crippen molar-refractivity contribution in [2.75, 3.05) is 7.11 Å². The molecule has 2 atom stereocenters. The Morgan fingerprint density at radius 3 is 2.20 bits per heavy atom. The molecule has 5 nitrogen and oxygen atoms in total. The second kappa shape index (κ2) is 7.65. The predicted molar refractivity (Wildman–Crippen MR) is 77.2 cm³/mol. The largest absolute Gasteiger partial charge is 0.453 e. The Morgan fingerprint density at radius 1 is 1.10 bits per heavy atom. The molecular weight excluding hydrogens is 256 g/mol. The molecule has 0 aliphatic carbocycles. The molecule has 0 aromatic heterocycles. The number of carbonyl (C=O) groups is 2. The average Bonchev–Trinajstić information content (AvgIpc) is 2.44. The van der Waals surface area contributed by atoms with Crippen LogP contribution in [0.4, 0.5) is 4.79 Å². The van der Waals surface area contributed by atoms with E-state index in [0.717, 1.165) is 5.56 Å². The Balaban J connectivity index is 2.71. The molecule has 0 fully saturated rings. The van der Waals surface area contributed by atoms with Gasteiger partial charge in [-0.2, -0.15) is 0 Å². The summed E-state index contributed by atoms with van der Waals surface area (Å²) in [5.74, 6) is -0.0933. The molecule has 0 aliphatic rings. The zero-order valence-electron chi connectivity index (χ0n) is 12.3. The van der Waals surface area contributed by atoms with Crippen molar-refractivity contribution in [3.05, 3.63) is 35.9 Å². The molecule has 0 bridgehead atoms. The molecule has 2 amide bonds. The number of amides is 2. The summed E-state index contributed by atoms with van der Waals surface area (Å²) >= 11 is 0. The molecule has 0 saturated heterocycles. The number of ether oxygens (including phenoxy) is 1. The van der Waals surface area contributed by atoms with Crippen molar-refractivity contribution in [3.8, 4) is 0 Å². The molecule has 0 aliphatic heterocycles. The fraction of sp³-hybridized carbons (Fsp3) is 0.467. The summed E-state index contributed by atoms with van der Waals surface area (Å²) in [5.41, 5.74) is 1.11. The van der Waals surface area contributed by atoms with Gasteiger partial charge in [0.25, 0.3) is 0 Å². The van der Waals surface area contributed by atoms with Gasteiger partial charge in [0.1, 0.15) is 0 Å². The third-order valence-electron chi connectivity index (χ3n) is 3.06. The molecule has 5 heteroatoms. The number of nitrogens with one attached hydrogen (secondary N) is 2. The fourth-order valence-electron chi connectivity index (χ4n) is 1.94. The molecule has 1 aromatic carbocycles. The summed E-state index contributed by atoms with van der Waals surface area (Å²) in [6.07, 6.45) is -0.746. The van der Waals surface area contributed by atoms with E-state index < -0.39 is 18.0 Å². The highest BCUT2D eigenvalue weighted by Crippen LogP contribution is 2.21. The van der Waals surface area contributed by atoms with Crippen molar-refractivity contribution in [1.82, 2.24) is 10.6 Å². The molecule has 0 unspecified atom stereocenters. The molecule has 2 N–H and O–H groups in total.